The molecule has 7 nitrogen and oxygen atoms in total. The van der Waals surface area contributed by atoms with Gasteiger partial charge in [-0.25, -0.2) is 9.98 Å². The Balaban J connectivity index is 0.00000312. The summed E-state index contributed by atoms with van der Waals surface area (Å²) >= 11 is 1.77. The molecule has 0 saturated carbocycles. The lowest BCUT2D eigenvalue weighted by molar-refractivity contribution is 0.756. The quantitative estimate of drug-likeness (QED) is 0.265. The maximum absolute atomic E-state index is 4.56. The van der Waals surface area contributed by atoms with E-state index in [4.69, 9.17) is 0 Å². The Kier molecular flexibility index (Phi) is 9.65. The average molecular weight is 475 g/mol. The van der Waals surface area contributed by atoms with Crippen LogP contribution in [0, 0.1) is 6.92 Å². The molecule has 2 heterocycles. The van der Waals surface area contributed by atoms with Crippen molar-refractivity contribution >= 4 is 41.3 Å². The van der Waals surface area contributed by atoms with E-state index in [1.54, 1.807) is 17.4 Å². The van der Waals surface area contributed by atoms with Crippen molar-refractivity contribution in [2.24, 2.45) is 12.0 Å². The zero-order chi connectivity index (χ0) is 17.4. The van der Waals surface area contributed by atoms with Crippen LogP contribution in [0.1, 0.15) is 28.5 Å². The second-order valence-corrected chi connectivity index (χ2v) is 6.51. The molecular weight excluding hydrogens is 449 g/mol. The average Bonchev–Trinajstić information content (AvgIpc) is 3.17. The van der Waals surface area contributed by atoms with Gasteiger partial charge in [0.25, 0.3) is 0 Å². The van der Waals surface area contributed by atoms with Crippen molar-refractivity contribution in [3.8, 4) is 0 Å². The van der Waals surface area contributed by atoms with Crippen LogP contribution in [0.15, 0.2) is 23.8 Å². The first-order valence-electron chi connectivity index (χ1n) is 8.05. The van der Waals surface area contributed by atoms with E-state index in [0.717, 1.165) is 42.0 Å². The van der Waals surface area contributed by atoms with Gasteiger partial charge >= 0.3 is 0 Å². The van der Waals surface area contributed by atoms with Gasteiger partial charge in [0.05, 0.1) is 5.01 Å². The van der Waals surface area contributed by atoms with Crippen molar-refractivity contribution in [2.45, 2.75) is 33.2 Å². The number of rotatable bonds is 8. The first-order valence-corrected chi connectivity index (χ1v) is 8.87. The fraction of sp³-hybridized carbons (Fsp3) is 0.500. The molecule has 0 saturated heterocycles. The molecular formula is C16H26IN7S. The summed E-state index contributed by atoms with van der Waals surface area (Å²) in [5, 5.41) is 15.9. The van der Waals surface area contributed by atoms with E-state index in [-0.39, 0.29) is 24.0 Å². The number of aliphatic imine (C=N–C) groups is 1. The molecule has 2 N–H and O–H groups in total. The molecule has 2 aromatic heterocycles. The lowest BCUT2D eigenvalue weighted by Gasteiger charge is -2.10. The van der Waals surface area contributed by atoms with Crippen LogP contribution < -0.4 is 10.6 Å². The van der Waals surface area contributed by atoms with Crippen LogP contribution in [0.4, 0.5) is 0 Å². The standard InChI is InChI=1S/C16H25N7S.HI/c1-5-8-17-16(20-11-14-22-21-12(3)23(14)4)18-9-7-15-19-10-13(6-2)24-15;/h5,10H,1,6-9,11H2,2-4H3,(H2,17,18,20);1H. The molecule has 0 aliphatic heterocycles. The molecule has 0 aromatic carbocycles. The Morgan fingerprint density at radius 3 is 2.80 bits per heavy atom. The van der Waals surface area contributed by atoms with Crippen LogP contribution in [-0.2, 0) is 26.4 Å². The van der Waals surface area contributed by atoms with Gasteiger partial charge in [-0.2, -0.15) is 0 Å². The minimum Gasteiger partial charge on any atom is -0.356 e. The Bertz CT molecular complexity index is 692. The first-order chi connectivity index (χ1) is 11.6. The number of hydrogen-bond acceptors (Lipinski definition) is 5. The van der Waals surface area contributed by atoms with Gasteiger partial charge in [-0.1, -0.05) is 13.0 Å². The van der Waals surface area contributed by atoms with Gasteiger partial charge in [-0.05, 0) is 13.3 Å². The lowest BCUT2D eigenvalue weighted by Crippen LogP contribution is -2.38. The predicted octanol–water partition coefficient (Wildman–Crippen LogP) is 2.22. The van der Waals surface area contributed by atoms with Crippen molar-refractivity contribution in [3.63, 3.8) is 0 Å². The van der Waals surface area contributed by atoms with Gasteiger partial charge in [-0.3, -0.25) is 0 Å². The van der Waals surface area contributed by atoms with Gasteiger partial charge in [0.2, 0.25) is 0 Å². The summed E-state index contributed by atoms with van der Waals surface area (Å²) in [5.41, 5.74) is 0. The van der Waals surface area contributed by atoms with E-state index < -0.39 is 0 Å². The highest BCUT2D eigenvalue weighted by molar-refractivity contribution is 14.0. The number of nitrogens with zero attached hydrogens (tertiary/aromatic N) is 5. The number of thiazole rings is 1. The summed E-state index contributed by atoms with van der Waals surface area (Å²) in [6.07, 6.45) is 5.68. The van der Waals surface area contributed by atoms with Crippen molar-refractivity contribution < 1.29 is 0 Å². The Morgan fingerprint density at radius 1 is 1.40 bits per heavy atom. The first kappa shape index (κ1) is 21.6. The topological polar surface area (TPSA) is 80.0 Å². The van der Waals surface area contributed by atoms with E-state index in [1.807, 2.05) is 24.7 Å². The van der Waals surface area contributed by atoms with Crippen molar-refractivity contribution in [3.05, 3.63) is 40.4 Å². The van der Waals surface area contributed by atoms with E-state index in [0.29, 0.717) is 13.1 Å². The SMILES string of the molecule is C=CCNC(=NCc1nnc(C)n1C)NCCc1ncc(CC)s1.I. The molecule has 0 spiro atoms. The van der Waals surface area contributed by atoms with E-state index in [1.165, 1.54) is 4.88 Å². The summed E-state index contributed by atoms with van der Waals surface area (Å²) in [5.74, 6) is 2.45. The van der Waals surface area contributed by atoms with Gasteiger partial charge in [0.1, 0.15) is 12.4 Å². The molecule has 0 radical (unpaired) electrons. The highest BCUT2D eigenvalue weighted by Gasteiger charge is 2.05. The maximum atomic E-state index is 4.56. The molecule has 9 heteroatoms. The lowest BCUT2D eigenvalue weighted by atomic mass is 10.4. The van der Waals surface area contributed by atoms with Gasteiger partial charge in [0.15, 0.2) is 11.8 Å². The maximum Gasteiger partial charge on any atom is 0.191 e. The van der Waals surface area contributed by atoms with Gasteiger partial charge in [-0.15, -0.1) is 52.1 Å². The minimum atomic E-state index is 0. The third-order valence-corrected chi connectivity index (χ3v) is 4.76. The van der Waals surface area contributed by atoms with Crippen LogP contribution in [0.3, 0.4) is 0 Å². The second-order valence-electron chi connectivity index (χ2n) is 5.31. The van der Waals surface area contributed by atoms with Crippen molar-refractivity contribution in [2.75, 3.05) is 13.1 Å². The van der Waals surface area contributed by atoms with Crippen LogP contribution in [0.2, 0.25) is 0 Å². The smallest absolute Gasteiger partial charge is 0.191 e. The fourth-order valence-corrected chi connectivity index (χ4v) is 2.86. The third-order valence-electron chi connectivity index (χ3n) is 3.56. The molecule has 0 atom stereocenters. The molecule has 0 bridgehead atoms. The summed E-state index contributed by atoms with van der Waals surface area (Å²) in [6.45, 7) is 9.70. The summed E-state index contributed by atoms with van der Waals surface area (Å²) in [7, 11) is 1.94. The zero-order valence-corrected chi connectivity index (χ0v) is 18.1. The summed E-state index contributed by atoms with van der Waals surface area (Å²) < 4.78 is 1.94. The molecule has 2 rings (SSSR count). The summed E-state index contributed by atoms with van der Waals surface area (Å²) in [6, 6.07) is 0. The molecule has 138 valence electrons. The molecule has 0 aliphatic rings. The highest BCUT2D eigenvalue weighted by atomic mass is 127. The van der Waals surface area contributed by atoms with E-state index >= 15 is 0 Å². The molecule has 0 aliphatic carbocycles. The van der Waals surface area contributed by atoms with Crippen molar-refractivity contribution in [1.29, 1.82) is 0 Å². The normalized spacial score (nSPS) is 11.1. The molecule has 0 amide bonds. The summed E-state index contributed by atoms with van der Waals surface area (Å²) in [4.78, 5) is 10.3. The van der Waals surface area contributed by atoms with E-state index in [9.17, 15) is 0 Å². The van der Waals surface area contributed by atoms with Crippen LogP contribution in [0.5, 0.6) is 0 Å². The predicted molar refractivity (Wildman–Crippen MR) is 114 cm³/mol. The number of guanidine groups is 1. The largest absolute Gasteiger partial charge is 0.356 e. The molecule has 25 heavy (non-hydrogen) atoms. The van der Waals surface area contributed by atoms with Gasteiger partial charge < -0.3 is 15.2 Å². The second kappa shape index (κ2) is 11.2. The van der Waals surface area contributed by atoms with Crippen LogP contribution in [0.25, 0.3) is 0 Å². The molecule has 0 unspecified atom stereocenters. The number of aromatic nitrogens is 4. The molecule has 2 aromatic rings. The highest BCUT2D eigenvalue weighted by Crippen LogP contribution is 2.13. The monoisotopic (exact) mass is 475 g/mol. The van der Waals surface area contributed by atoms with Gasteiger partial charge in [0, 0.05) is 37.6 Å². The van der Waals surface area contributed by atoms with Crippen LogP contribution >= 0.6 is 35.3 Å². The number of nitrogens with one attached hydrogen (secondary N) is 2. The van der Waals surface area contributed by atoms with Crippen LogP contribution in [-0.4, -0.2) is 38.8 Å². The Morgan fingerprint density at radius 2 is 2.20 bits per heavy atom. The zero-order valence-electron chi connectivity index (χ0n) is 14.9. The number of aryl methyl sites for hydroxylation is 2. The third kappa shape index (κ3) is 6.73. The number of hydrogen-bond donors (Lipinski definition) is 2. The Labute approximate surface area is 170 Å². The fourth-order valence-electron chi connectivity index (χ4n) is 2.00. The minimum absolute atomic E-state index is 0. The number of halogens is 1. The molecule has 0 fully saturated rings. The Hall–Kier alpha value is -1.49. The van der Waals surface area contributed by atoms with Crippen molar-refractivity contribution in [1.82, 2.24) is 30.4 Å². The van der Waals surface area contributed by atoms with E-state index in [2.05, 4.69) is 44.3 Å².